The molecule has 214 valence electrons. The topological polar surface area (TPSA) is 145 Å². The molecule has 10 heteroatoms. The van der Waals surface area contributed by atoms with Crippen molar-refractivity contribution in [2.24, 2.45) is 5.92 Å². The van der Waals surface area contributed by atoms with Crippen molar-refractivity contribution in [2.45, 2.75) is 65.1 Å². The first kappa shape index (κ1) is 30.5. The van der Waals surface area contributed by atoms with Crippen molar-refractivity contribution in [2.75, 3.05) is 13.6 Å². The van der Waals surface area contributed by atoms with Crippen LogP contribution in [0.15, 0.2) is 42.5 Å². The van der Waals surface area contributed by atoms with Crippen LogP contribution in [0, 0.1) is 19.8 Å². The third-order valence-electron chi connectivity index (χ3n) is 7.11. The van der Waals surface area contributed by atoms with E-state index in [-0.39, 0.29) is 31.2 Å². The number of hydrogen-bond donors (Lipinski definition) is 4. The van der Waals surface area contributed by atoms with Crippen LogP contribution in [0.1, 0.15) is 64.1 Å². The number of rotatable bonds is 13. The number of carbonyl (C=O) groups excluding carboxylic acids is 4. The number of nitrogens with one attached hydrogen (secondary N) is 3. The van der Waals surface area contributed by atoms with Crippen LogP contribution in [-0.4, -0.2) is 71.3 Å². The van der Waals surface area contributed by atoms with Gasteiger partial charge in [0.25, 0.3) is 11.8 Å². The summed E-state index contributed by atoms with van der Waals surface area (Å²) in [6.07, 6.45) is 0.484. The zero-order valence-corrected chi connectivity index (χ0v) is 23.6. The molecule has 1 aliphatic rings. The van der Waals surface area contributed by atoms with Crippen molar-refractivity contribution in [1.29, 1.82) is 0 Å². The van der Waals surface area contributed by atoms with Gasteiger partial charge in [-0.2, -0.15) is 0 Å². The van der Waals surface area contributed by atoms with Crippen molar-refractivity contribution in [1.82, 2.24) is 20.9 Å². The van der Waals surface area contributed by atoms with E-state index in [2.05, 4.69) is 16.0 Å². The summed E-state index contributed by atoms with van der Waals surface area (Å²) in [5.74, 6) is -2.97. The number of benzene rings is 2. The minimum atomic E-state index is -1.21. The molecule has 1 unspecified atom stereocenters. The standard InChI is InChI=1S/C30H38N4O6/c1-17(2)13-24(27(36)33-25(26(35)31-5)16-20-9-7-6-8-10-20)32-23(30(39)40)11-12-34-28(37)21-14-18(3)19(4)15-22(21)29(34)38/h6-10,14-15,17,23-25,32H,11-13,16H2,1-5H3,(H,31,35)(H,33,36)(H,39,40)/t23?,24-,25-/m0/s1. The van der Waals surface area contributed by atoms with Gasteiger partial charge in [-0.1, -0.05) is 44.2 Å². The molecule has 3 rings (SSSR count). The fourth-order valence-electron chi connectivity index (χ4n) is 4.76. The lowest BCUT2D eigenvalue weighted by molar-refractivity contribution is -0.140. The lowest BCUT2D eigenvalue weighted by atomic mass is 10.00. The number of carbonyl (C=O) groups is 5. The lowest BCUT2D eigenvalue weighted by Gasteiger charge is -2.27. The van der Waals surface area contributed by atoms with Gasteiger partial charge in [0.1, 0.15) is 12.1 Å². The minimum absolute atomic E-state index is 0.0352. The summed E-state index contributed by atoms with van der Waals surface area (Å²) in [6, 6.07) is 9.62. The Labute approximate surface area is 234 Å². The first-order chi connectivity index (χ1) is 18.9. The van der Waals surface area contributed by atoms with Crippen molar-refractivity contribution in [3.05, 3.63) is 70.3 Å². The summed E-state index contributed by atoms with van der Waals surface area (Å²) in [6.45, 7) is 7.39. The van der Waals surface area contributed by atoms with E-state index in [1.165, 1.54) is 7.05 Å². The first-order valence-electron chi connectivity index (χ1n) is 13.4. The predicted molar refractivity (Wildman–Crippen MR) is 150 cm³/mol. The normalized spacial score (nSPS) is 15.0. The Hall–Kier alpha value is -4.05. The molecule has 2 aromatic rings. The highest BCUT2D eigenvalue weighted by molar-refractivity contribution is 6.21. The van der Waals surface area contributed by atoms with Gasteiger partial charge in [-0.15, -0.1) is 0 Å². The Kier molecular flexibility index (Phi) is 10.2. The third kappa shape index (κ3) is 7.32. The molecule has 0 radical (unpaired) electrons. The minimum Gasteiger partial charge on any atom is -0.480 e. The molecular formula is C30H38N4O6. The van der Waals surface area contributed by atoms with Gasteiger partial charge in [-0.05, 0) is 61.4 Å². The highest BCUT2D eigenvalue weighted by Gasteiger charge is 2.37. The first-order valence-corrected chi connectivity index (χ1v) is 13.4. The Morgan fingerprint density at radius 1 is 0.875 bits per heavy atom. The Bertz CT molecular complexity index is 1240. The Morgan fingerprint density at radius 3 is 1.95 bits per heavy atom. The van der Waals surface area contributed by atoms with E-state index >= 15 is 0 Å². The molecule has 10 nitrogen and oxygen atoms in total. The van der Waals surface area contributed by atoms with Gasteiger partial charge < -0.3 is 15.7 Å². The van der Waals surface area contributed by atoms with Crippen LogP contribution in [0.2, 0.25) is 0 Å². The van der Waals surface area contributed by atoms with Gasteiger partial charge in [0.05, 0.1) is 17.2 Å². The third-order valence-corrected chi connectivity index (χ3v) is 7.11. The van der Waals surface area contributed by atoms with E-state index < -0.39 is 41.8 Å². The highest BCUT2D eigenvalue weighted by Crippen LogP contribution is 2.26. The SMILES string of the molecule is CNC(=O)[C@H](Cc1ccccc1)NC(=O)[C@H](CC(C)C)NC(CCN1C(=O)c2cc(C)c(C)cc2C1=O)C(=O)O. The number of aryl methyl sites for hydroxylation is 2. The zero-order valence-electron chi connectivity index (χ0n) is 23.6. The van der Waals surface area contributed by atoms with Crippen molar-refractivity contribution in [3.8, 4) is 0 Å². The molecule has 4 amide bonds. The molecule has 40 heavy (non-hydrogen) atoms. The molecule has 0 saturated heterocycles. The van der Waals surface area contributed by atoms with Crippen LogP contribution in [0.3, 0.4) is 0 Å². The molecule has 2 aromatic carbocycles. The molecule has 0 spiro atoms. The Morgan fingerprint density at radius 2 is 1.45 bits per heavy atom. The summed E-state index contributed by atoms with van der Waals surface area (Å²) < 4.78 is 0. The van der Waals surface area contributed by atoms with Crippen LogP contribution in [0.25, 0.3) is 0 Å². The number of carboxylic acid groups (broad SMARTS) is 1. The quantitative estimate of drug-likeness (QED) is 0.280. The summed E-state index contributed by atoms with van der Waals surface area (Å²) in [5, 5.41) is 18.2. The molecule has 0 aliphatic carbocycles. The van der Waals surface area contributed by atoms with Crippen molar-refractivity contribution >= 4 is 29.6 Å². The van der Waals surface area contributed by atoms with E-state index in [1.807, 2.05) is 58.0 Å². The van der Waals surface area contributed by atoms with Crippen molar-refractivity contribution < 1.29 is 29.1 Å². The Balaban J connectivity index is 1.73. The maximum Gasteiger partial charge on any atom is 0.320 e. The number of imide groups is 1. The second-order valence-electron chi connectivity index (χ2n) is 10.6. The fraction of sp³-hybridized carbons (Fsp3) is 0.433. The highest BCUT2D eigenvalue weighted by atomic mass is 16.4. The molecule has 3 atom stereocenters. The van der Waals surface area contributed by atoms with Crippen LogP contribution in [0.5, 0.6) is 0 Å². The lowest BCUT2D eigenvalue weighted by Crippen LogP contribution is -2.56. The summed E-state index contributed by atoms with van der Waals surface area (Å²) >= 11 is 0. The van der Waals surface area contributed by atoms with Gasteiger partial charge in [0.2, 0.25) is 11.8 Å². The summed E-state index contributed by atoms with van der Waals surface area (Å²) in [4.78, 5) is 65.0. The van der Waals surface area contributed by atoms with E-state index in [9.17, 15) is 29.1 Å². The van der Waals surface area contributed by atoms with E-state index in [0.29, 0.717) is 17.5 Å². The molecule has 1 heterocycles. The average Bonchev–Trinajstić information content (AvgIpc) is 3.13. The number of fused-ring (bicyclic) bond motifs is 1. The number of hydrogen-bond acceptors (Lipinski definition) is 6. The second-order valence-corrected chi connectivity index (χ2v) is 10.6. The number of aliphatic carboxylic acids is 1. The molecule has 0 bridgehead atoms. The molecule has 0 fully saturated rings. The molecular weight excluding hydrogens is 512 g/mol. The smallest absolute Gasteiger partial charge is 0.320 e. The fourth-order valence-corrected chi connectivity index (χ4v) is 4.76. The molecule has 1 aliphatic heterocycles. The van der Waals surface area contributed by atoms with E-state index in [4.69, 9.17) is 0 Å². The number of nitrogens with zero attached hydrogens (tertiary/aromatic N) is 1. The van der Waals surface area contributed by atoms with E-state index in [0.717, 1.165) is 21.6 Å². The molecule has 0 saturated carbocycles. The largest absolute Gasteiger partial charge is 0.480 e. The number of carboxylic acids is 1. The molecule has 4 N–H and O–H groups in total. The van der Waals surface area contributed by atoms with Crippen LogP contribution >= 0.6 is 0 Å². The monoisotopic (exact) mass is 550 g/mol. The predicted octanol–water partition coefficient (Wildman–Crippen LogP) is 2.22. The van der Waals surface area contributed by atoms with Gasteiger partial charge >= 0.3 is 5.97 Å². The van der Waals surface area contributed by atoms with Crippen LogP contribution in [-0.2, 0) is 20.8 Å². The second kappa shape index (κ2) is 13.3. The van der Waals surface area contributed by atoms with Crippen LogP contribution in [0.4, 0.5) is 0 Å². The van der Waals surface area contributed by atoms with Gasteiger partial charge in [0.15, 0.2) is 0 Å². The van der Waals surface area contributed by atoms with Crippen LogP contribution < -0.4 is 16.0 Å². The number of amides is 4. The van der Waals surface area contributed by atoms with E-state index in [1.54, 1.807) is 12.1 Å². The summed E-state index contributed by atoms with van der Waals surface area (Å²) in [7, 11) is 1.48. The molecule has 0 aromatic heterocycles. The maximum atomic E-state index is 13.4. The van der Waals surface area contributed by atoms with Crippen molar-refractivity contribution in [3.63, 3.8) is 0 Å². The summed E-state index contributed by atoms with van der Waals surface area (Å²) in [5.41, 5.74) is 3.25. The van der Waals surface area contributed by atoms with Gasteiger partial charge in [0, 0.05) is 20.0 Å². The average molecular weight is 551 g/mol. The van der Waals surface area contributed by atoms with Gasteiger partial charge in [-0.3, -0.25) is 34.2 Å². The zero-order chi connectivity index (χ0) is 29.6. The van der Waals surface area contributed by atoms with Gasteiger partial charge in [-0.25, -0.2) is 0 Å². The maximum absolute atomic E-state index is 13.4. The number of likely N-dealkylation sites (N-methyl/N-ethyl adjacent to an activating group) is 1.